The van der Waals surface area contributed by atoms with Crippen molar-refractivity contribution in [1.29, 1.82) is 0 Å². The second kappa shape index (κ2) is 9.11. The van der Waals surface area contributed by atoms with Gasteiger partial charge in [0.15, 0.2) is 11.5 Å². The summed E-state index contributed by atoms with van der Waals surface area (Å²) in [5.41, 5.74) is 1.71. The molecule has 144 valence electrons. The molecule has 0 saturated heterocycles. The topological polar surface area (TPSA) is 50.8 Å². The summed E-state index contributed by atoms with van der Waals surface area (Å²) in [4.78, 5) is 14.8. The second-order valence-electron chi connectivity index (χ2n) is 6.85. The molecule has 0 radical (unpaired) electrons. The molecule has 2 aromatic carbocycles. The fourth-order valence-electron chi connectivity index (χ4n) is 3.00. The van der Waals surface area contributed by atoms with Gasteiger partial charge in [0.1, 0.15) is 0 Å². The van der Waals surface area contributed by atoms with Crippen LogP contribution in [0.2, 0.25) is 5.02 Å². The molecule has 1 N–H and O–H groups in total. The van der Waals surface area contributed by atoms with Gasteiger partial charge in [0, 0.05) is 24.6 Å². The highest BCUT2D eigenvalue weighted by atomic mass is 35.5. The van der Waals surface area contributed by atoms with E-state index in [1.807, 2.05) is 32.3 Å². The highest BCUT2D eigenvalue weighted by Crippen LogP contribution is 2.37. The van der Waals surface area contributed by atoms with Crippen LogP contribution in [0.4, 0.5) is 0 Å². The lowest BCUT2D eigenvalue weighted by Gasteiger charge is -2.25. The summed E-state index contributed by atoms with van der Waals surface area (Å²) in [5.74, 6) is 0.868. The lowest BCUT2D eigenvalue weighted by atomic mass is 10.0. The number of likely N-dealkylation sites (N-methyl/N-ethyl adjacent to an activating group) is 1. The Kier molecular flexibility index (Phi) is 6.58. The third-order valence-electron chi connectivity index (χ3n) is 4.61. The summed E-state index contributed by atoms with van der Waals surface area (Å²) in [7, 11) is 4.04. The van der Waals surface area contributed by atoms with E-state index in [-0.39, 0.29) is 11.9 Å². The molecule has 3 rings (SSSR count). The van der Waals surface area contributed by atoms with E-state index in [0.717, 1.165) is 12.8 Å². The lowest BCUT2D eigenvalue weighted by molar-refractivity contribution is 0.0941. The van der Waals surface area contributed by atoms with Gasteiger partial charge in [-0.25, -0.2) is 0 Å². The molecule has 5 nitrogen and oxygen atoms in total. The third kappa shape index (κ3) is 5.15. The number of fused-ring (bicyclic) bond motifs is 1. The van der Waals surface area contributed by atoms with Crippen molar-refractivity contribution < 1.29 is 14.3 Å². The molecule has 27 heavy (non-hydrogen) atoms. The van der Waals surface area contributed by atoms with Crippen molar-refractivity contribution >= 4 is 17.5 Å². The Balaban J connectivity index is 1.67. The van der Waals surface area contributed by atoms with Gasteiger partial charge in [-0.3, -0.25) is 4.79 Å². The van der Waals surface area contributed by atoms with Gasteiger partial charge in [-0.1, -0.05) is 41.9 Å². The predicted octanol–water partition coefficient (Wildman–Crippen LogP) is 3.40. The monoisotopic (exact) mass is 388 g/mol. The Morgan fingerprint density at radius 1 is 1.19 bits per heavy atom. The number of carbonyl (C=O) groups excluding carboxylic acids is 1. The summed E-state index contributed by atoms with van der Waals surface area (Å²) in [6.45, 7) is 1.64. The summed E-state index contributed by atoms with van der Waals surface area (Å²) in [6.07, 6.45) is 1.65. The highest BCUT2D eigenvalue weighted by Gasteiger charge is 2.20. The number of hydrogen-bond acceptors (Lipinski definition) is 4. The van der Waals surface area contributed by atoms with Gasteiger partial charge in [0.2, 0.25) is 0 Å². The van der Waals surface area contributed by atoms with Crippen molar-refractivity contribution in [2.24, 2.45) is 0 Å². The molecule has 0 fully saturated rings. The third-order valence-corrected chi connectivity index (χ3v) is 4.89. The van der Waals surface area contributed by atoms with Crippen LogP contribution < -0.4 is 14.8 Å². The summed E-state index contributed by atoms with van der Waals surface area (Å²) in [6, 6.07) is 13.8. The molecule has 1 heterocycles. The van der Waals surface area contributed by atoms with Crippen molar-refractivity contribution in [2.75, 3.05) is 33.9 Å². The molecule has 0 saturated carbocycles. The van der Waals surface area contributed by atoms with Gasteiger partial charge in [0.25, 0.3) is 5.91 Å². The molecule has 1 atom stereocenters. The van der Waals surface area contributed by atoms with Gasteiger partial charge in [-0.15, -0.1) is 0 Å². The lowest BCUT2D eigenvalue weighted by Crippen LogP contribution is -2.41. The minimum atomic E-state index is -0.174. The number of ether oxygens (including phenoxy) is 2. The van der Waals surface area contributed by atoms with E-state index in [1.165, 1.54) is 5.56 Å². The van der Waals surface area contributed by atoms with Gasteiger partial charge in [0.05, 0.1) is 18.2 Å². The van der Waals surface area contributed by atoms with Gasteiger partial charge in [-0.05, 0) is 38.2 Å². The van der Waals surface area contributed by atoms with Crippen molar-refractivity contribution in [1.82, 2.24) is 10.2 Å². The van der Waals surface area contributed by atoms with Crippen molar-refractivity contribution in [2.45, 2.75) is 18.9 Å². The van der Waals surface area contributed by atoms with E-state index in [0.29, 0.717) is 41.8 Å². The number of halogens is 1. The Labute approximate surface area is 165 Å². The largest absolute Gasteiger partial charge is 0.489 e. The number of nitrogens with one attached hydrogen (secondary N) is 1. The van der Waals surface area contributed by atoms with Crippen LogP contribution in [0.5, 0.6) is 11.5 Å². The molecule has 1 aliphatic rings. The van der Waals surface area contributed by atoms with Crippen LogP contribution in [-0.2, 0) is 6.42 Å². The van der Waals surface area contributed by atoms with E-state index in [9.17, 15) is 4.79 Å². The average molecular weight is 389 g/mol. The van der Waals surface area contributed by atoms with E-state index >= 15 is 0 Å². The molecular formula is C21H25ClN2O3. The van der Waals surface area contributed by atoms with Crippen LogP contribution in [0.25, 0.3) is 0 Å². The molecule has 0 bridgehead atoms. The van der Waals surface area contributed by atoms with Gasteiger partial charge < -0.3 is 19.7 Å². The van der Waals surface area contributed by atoms with Crippen molar-refractivity contribution in [3.8, 4) is 11.5 Å². The van der Waals surface area contributed by atoms with Crippen molar-refractivity contribution in [3.63, 3.8) is 0 Å². The number of rotatable bonds is 6. The van der Waals surface area contributed by atoms with E-state index in [1.54, 1.807) is 12.1 Å². The summed E-state index contributed by atoms with van der Waals surface area (Å²) >= 11 is 6.29. The van der Waals surface area contributed by atoms with Crippen LogP contribution in [0.3, 0.4) is 0 Å². The minimum Gasteiger partial charge on any atom is -0.489 e. The molecule has 1 unspecified atom stereocenters. The van der Waals surface area contributed by atoms with E-state index in [4.69, 9.17) is 21.1 Å². The quantitative estimate of drug-likeness (QED) is 0.824. The van der Waals surface area contributed by atoms with Crippen LogP contribution in [0.1, 0.15) is 22.3 Å². The fourth-order valence-corrected chi connectivity index (χ4v) is 3.26. The van der Waals surface area contributed by atoms with E-state index < -0.39 is 0 Å². The Bertz CT molecular complexity index is 780. The Morgan fingerprint density at radius 3 is 2.67 bits per heavy atom. The van der Waals surface area contributed by atoms with Crippen molar-refractivity contribution in [3.05, 3.63) is 58.6 Å². The maximum Gasteiger partial charge on any atom is 0.251 e. The zero-order valence-electron chi connectivity index (χ0n) is 15.7. The zero-order valence-corrected chi connectivity index (χ0v) is 16.5. The van der Waals surface area contributed by atoms with Crippen LogP contribution >= 0.6 is 11.6 Å². The average Bonchev–Trinajstić information content (AvgIpc) is 2.91. The zero-order chi connectivity index (χ0) is 19.2. The first-order chi connectivity index (χ1) is 13.0. The van der Waals surface area contributed by atoms with E-state index in [2.05, 4.69) is 22.3 Å². The highest BCUT2D eigenvalue weighted by molar-refractivity contribution is 6.32. The number of hydrogen-bond donors (Lipinski definition) is 1. The first kappa shape index (κ1) is 19.5. The molecule has 0 aromatic heterocycles. The molecule has 2 aromatic rings. The molecule has 1 amide bonds. The number of benzene rings is 2. The van der Waals surface area contributed by atoms with Crippen LogP contribution in [0.15, 0.2) is 42.5 Å². The minimum absolute atomic E-state index is 0.174. The fraction of sp³-hybridized carbons (Fsp3) is 0.381. The maximum absolute atomic E-state index is 12.7. The molecule has 0 spiro atoms. The predicted molar refractivity (Wildman–Crippen MR) is 107 cm³/mol. The van der Waals surface area contributed by atoms with Gasteiger partial charge >= 0.3 is 0 Å². The Morgan fingerprint density at radius 2 is 1.93 bits per heavy atom. The summed E-state index contributed by atoms with van der Waals surface area (Å²) in [5, 5.41) is 3.41. The molecular weight excluding hydrogens is 364 g/mol. The Hall–Kier alpha value is -2.24. The number of carbonyl (C=O) groups is 1. The standard InChI is InChI=1S/C21H25ClN2O3/c1-24(2)17(11-15-7-4-3-5-8-15)14-23-21(25)16-12-18(22)20-19(13-16)26-9-6-10-27-20/h3-5,7-8,12-13,17H,6,9-11,14H2,1-2H3,(H,23,25). The molecule has 0 aliphatic carbocycles. The second-order valence-corrected chi connectivity index (χ2v) is 7.26. The van der Waals surface area contributed by atoms with Gasteiger partial charge in [-0.2, -0.15) is 0 Å². The van der Waals surface area contributed by atoms with Crippen LogP contribution in [0, 0.1) is 0 Å². The SMILES string of the molecule is CN(C)C(CNC(=O)c1cc(Cl)c2c(c1)OCCCO2)Cc1ccccc1. The smallest absolute Gasteiger partial charge is 0.251 e. The first-order valence-electron chi connectivity index (χ1n) is 9.12. The number of nitrogens with zero attached hydrogens (tertiary/aromatic N) is 1. The first-order valence-corrected chi connectivity index (χ1v) is 9.50. The maximum atomic E-state index is 12.7. The van der Waals surface area contributed by atoms with Crippen LogP contribution in [-0.4, -0.2) is 50.7 Å². The number of amides is 1. The molecule has 6 heteroatoms. The summed E-state index contributed by atoms with van der Waals surface area (Å²) < 4.78 is 11.3. The normalized spacial score (nSPS) is 14.5. The molecule has 1 aliphatic heterocycles.